The molecule has 0 spiro atoms. The molecular weight excluding hydrogens is 824 g/mol. The Labute approximate surface area is 332 Å². The number of halogens is 7. The van der Waals surface area contributed by atoms with E-state index in [-0.39, 0.29) is 19.7 Å². The first kappa shape index (κ1) is 46.0. The second-order valence-corrected chi connectivity index (χ2v) is 16.6. The Hall–Kier alpha value is -4.40. The van der Waals surface area contributed by atoms with E-state index in [1.54, 1.807) is 19.9 Å². The maximum Gasteiger partial charge on any atom is 0.299 e. The summed E-state index contributed by atoms with van der Waals surface area (Å²) in [5.74, 6) is -1.66. The van der Waals surface area contributed by atoms with Gasteiger partial charge >= 0.3 is 0 Å². The first-order chi connectivity index (χ1) is 25.3. The molecule has 3 aromatic carbocycles. The summed E-state index contributed by atoms with van der Waals surface area (Å²) in [6.07, 6.45) is -4.61. The summed E-state index contributed by atoms with van der Waals surface area (Å²) in [5, 5.41) is 11.4. The average molecular weight is 862 g/mol. The lowest BCUT2D eigenvalue weighted by Gasteiger charge is -2.14. The predicted octanol–water partition coefficient (Wildman–Crippen LogP) is 10.8. The van der Waals surface area contributed by atoms with Crippen LogP contribution in [-0.4, -0.2) is 52.7 Å². The summed E-state index contributed by atoms with van der Waals surface area (Å²) in [6.45, 7) is 11.0. The van der Waals surface area contributed by atoms with Crippen molar-refractivity contribution in [2.75, 3.05) is 0 Å². The SMILES string of the molecule is C.C.Cc1cc(C)c(-n2cnc(C(F)F)n2)cc1SSc1cc(-n2cnc(C(F)F)n2)c(C)cc1C.Cc1cc(C)c(S(=O)(=O)Cl)cc1-n1cnc(C(F)F)n1. The molecule has 3 aromatic heterocycles. The zero-order chi connectivity index (χ0) is 39.6. The largest absolute Gasteiger partial charge is 0.299 e. The van der Waals surface area contributed by atoms with E-state index in [0.29, 0.717) is 28.2 Å². The normalized spacial score (nSPS) is 11.4. The van der Waals surface area contributed by atoms with Crippen molar-refractivity contribution in [3.05, 3.63) is 106 Å². The Morgan fingerprint density at radius 3 is 1.11 bits per heavy atom. The quantitative estimate of drug-likeness (QED) is 0.0746. The molecule has 0 aliphatic rings. The van der Waals surface area contributed by atoms with Crippen LogP contribution < -0.4 is 0 Å². The molecule has 302 valence electrons. The Morgan fingerprint density at radius 1 is 0.518 bits per heavy atom. The fourth-order valence-corrected chi connectivity index (χ4v) is 8.90. The van der Waals surface area contributed by atoms with Gasteiger partial charge in [0.25, 0.3) is 28.3 Å². The predicted molar refractivity (Wildman–Crippen MR) is 206 cm³/mol. The zero-order valence-corrected chi connectivity index (χ0v) is 32.3. The molecular formula is C35H38ClF6N9O2S3. The molecule has 0 aliphatic heterocycles. The van der Waals surface area contributed by atoms with Crippen molar-refractivity contribution in [3.8, 4) is 17.1 Å². The highest BCUT2D eigenvalue weighted by molar-refractivity contribution is 8.76. The molecule has 0 amide bonds. The van der Waals surface area contributed by atoms with Gasteiger partial charge in [-0.1, -0.05) is 54.6 Å². The van der Waals surface area contributed by atoms with Crippen LogP contribution in [-0.2, 0) is 9.05 Å². The van der Waals surface area contributed by atoms with Gasteiger partial charge in [0, 0.05) is 20.5 Å². The number of nitrogens with zero attached hydrogens (tertiary/aromatic N) is 9. The Morgan fingerprint density at radius 2 is 0.821 bits per heavy atom. The minimum atomic E-state index is -3.93. The van der Waals surface area contributed by atoms with Gasteiger partial charge in [0.2, 0.25) is 17.5 Å². The third-order valence-electron chi connectivity index (χ3n) is 7.82. The third-order valence-corrected chi connectivity index (χ3v) is 11.9. The molecule has 6 aromatic rings. The van der Waals surface area contributed by atoms with Gasteiger partial charge in [0.15, 0.2) is 0 Å². The standard InChI is InChI=1S/C22H20F4N6S2.C11H10ClF2N3O2S.2CH4/c1-11-5-13(3)17(7-15(11)31-9-27-21(29-31)19(23)24)33-34-18-8-16(12(2)6-14(18)4)32-10-28-22(30-32)20(25)26;1-6-3-7(2)9(20(12,18)19)4-8(6)17-5-15-11(16-17)10(13)14;;/h5-10,19-20H,1-4H3;3-5,10H,1-2H3;2*1H4. The van der Waals surface area contributed by atoms with Gasteiger partial charge in [0.05, 0.1) is 22.0 Å². The number of hydrogen-bond acceptors (Lipinski definition) is 10. The minimum Gasteiger partial charge on any atom is -0.220 e. The number of aromatic nitrogens is 9. The topological polar surface area (TPSA) is 126 Å². The second kappa shape index (κ2) is 18.7. The van der Waals surface area contributed by atoms with Crippen LogP contribution in [0, 0.1) is 41.5 Å². The molecule has 0 fully saturated rings. The van der Waals surface area contributed by atoms with Crippen LogP contribution in [0.1, 0.15) is 85.0 Å². The summed E-state index contributed by atoms with van der Waals surface area (Å²) < 4.78 is 103. The first-order valence-corrected chi connectivity index (χ1v) is 20.0. The lowest BCUT2D eigenvalue weighted by Crippen LogP contribution is -2.03. The minimum absolute atomic E-state index is 0. The Bertz CT molecular complexity index is 2320. The summed E-state index contributed by atoms with van der Waals surface area (Å²) in [7, 11) is 4.42. The molecule has 6 rings (SSSR count). The van der Waals surface area contributed by atoms with Gasteiger partial charge in [-0.05, 0) is 93.1 Å². The van der Waals surface area contributed by atoms with Gasteiger partial charge in [0.1, 0.15) is 19.0 Å². The summed E-state index contributed by atoms with van der Waals surface area (Å²) >= 11 is 0. The number of benzene rings is 3. The van der Waals surface area contributed by atoms with Crippen LogP contribution in [0.15, 0.2) is 70.1 Å². The van der Waals surface area contributed by atoms with E-state index in [1.807, 2.05) is 52.0 Å². The number of aryl methyl sites for hydroxylation is 6. The lowest BCUT2D eigenvalue weighted by molar-refractivity contribution is 0.140. The maximum absolute atomic E-state index is 12.9. The van der Waals surface area contributed by atoms with Crippen molar-refractivity contribution in [2.24, 2.45) is 0 Å². The molecule has 0 bridgehead atoms. The fourth-order valence-electron chi connectivity index (χ4n) is 5.21. The molecule has 0 N–H and O–H groups in total. The van der Waals surface area contributed by atoms with Gasteiger partial charge in [-0.2, -0.15) is 0 Å². The van der Waals surface area contributed by atoms with Crippen molar-refractivity contribution < 1.29 is 34.8 Å². The van der Waals surface area contributed by atoms with Crippen LogP contribution in [0.25, 0.3) is 17.1 Å². The smallest absolute Gasteiger partial charge is 0.220 e. The molecule has 0 aliphatic carbocycles. The summed E-state index contributed by atoms with van der Waals surface area (Å²) in [4.78, 5) is 12.6. The van der Waals surface area contributed by atoms with E-state index in [9.17, 15) is 34.8 Å². The van der Waals surface area contributed by atoms with Gasteiger partial charge in [-0.25, -0.2) is 63.8 Å². The molecule has 0 saturated heterocycles. The first-order valence-electron chi connectivity index (χ1n) is 15.6. The van der Waals surface area contributed by atoms with E-state index in [0.717, 1.165) is 43.1 Å². The van der Waals surface area contributed by atoms with Crippen molar-refractivity contribution in [1.82, 2.24) is 44.3 Å². The van der Waals surface area contributed by atoms with Gasteiger partial charge in [-0.15, -0.1) is 15.3 Å². The molecule has 0 atom stereocenters. The molecule has 11 nitrogen and oxygen atoms in total. The van der Waals surface area contributed by atoms with Crippen molar-refractivity contribution in [1.29, 1.82) is 0 Å². The summed E-state index contributed by atoms with van der Waals surface area (Å²) in [5.41, 5.74) is 6.60. The maximum atomic E-state index is 12.9. The van der Waals surface area contributed by atoms with E-state index in [1.165, 1.54) is 49.7 Å². The van der Waals surface area contributed by atoms with Gasteiger partial charge in [-0.3, -0.25) is 0 Å². The zero-order valence-electron chi connectivity index (χ0n) is 29.1. The van der Waals surface area contributed by atoms with Crippen molar-refractivity contribution in [3.63, 3.8) is 0 Å². The molecule has 21 heteroatoms. The highest BCUT2D eigenvalue weighted by atomic mass is 35.7. The third kappa shape index (κ3) is 10.5. The van der Waals surface area contributed by atoms with Crippen molar-refractivity contribution >= 4 is 41.3 Å². The fraction of sp³-hybridized carbons (Fsp3) is 0.314. The number of hydrogen-bond donors (Lipinski definition) is 0. The van der Waals surface area contributed by atoms with Crippen LogP contribution >= 0.6 is 32.3 Å². The molecule has 0 unspecified atom stereocenters. The monoisotopic (exact) mass is 861 g/mol. The van der Waals surface area contributed by atoms with E-state index < -0.39 is 45.8 Å². The lowest BCUT2D eigenvalue weighted by atomic mass is 10.1. The van der Waals surface area contributed by atoms with Crippen molar-refractivity contribution in [2.45, 2.75) is 90.4 Å². The Kier molecular flexibility index (Phi) is 15.4. The highest BCUT2D eigenvalue weighted by Gasteiger charge is 2.20. The van der Waals surface area contributed by atoms with E-state index in [2.05, 4.69) is 30.2 Å². The van der Waals surface area contributed by atoms with E-state index in [4.69, 9.17) is 10.7 Å². The highest BCUT2D eigenvalue weighted by Crippen LogP contribution is 2.42. The molecule has 3 heterocycles. The Balaban J connectivity index is 0.000000328. The molecule has 0 saturated carbocycles. The average Bonchev–Trinajstić information content (AvgIpc) is 3.87. The number of rotatable bonds is 10. The van der Waals surface area contributed by atoms with Crippen LogP contribution in [0.4, 0.5) is 26.3 Å². The van der Waals surface area contributed by atoms with Gasteiger partial charge < -0.3 is 0 Å². The van der Waals surface area contributed by atoms with Crippen LogP contribution in [0.2, 0.25) is 0 Å². The number of alkyl halides is 6. The molecule has 56 heavy (non-hydrogen) atoms. The summed E-state index contributed by atoms with van der Waals surface area (Å²) in [6, 6.07) is 10.6. The second-order valence-electron chi connectivity index (χ2n) is 11.9. The van der Waals surface area contributed by atoms with Crippen LogP contribution in [0.3, 0.4) is 0 Å². The van der Waals surface area contributed by atoms with E-state index >= 15 is 0 Å². The molecule has 0 radical (unpaired) electrons. The van der Waals surface area contributed by atoms with Crippen LogP contribution in [0.5, 0.6) is 0 Å².